The second-order valence-corrected chi connectivity index (χ2v) is 7.24. The molecule has 0 bridgehead atoms. The van der Waals surface area contributed by atoms with Crippen molar-refractivity contribution in [2.45, 2.75) is 57.1 Å². The van der Waals surface area contributed by atoms with Gasteiger partial charge >= 0.3 is 0 Å². The summed E-state index contributed by atoms with van der Waals surface area (Å²) in [5.74, 6) is -2.45. The third-order valence-electron chi connectivity index (χ3n) is 2.65. The first kappa shape index (κ1) is 13.7. The normalized spacial score (nSPS) is 24.8. The van der Waals surface area contributed by atoms with Crippen LogP contribution in [0.1, 0.15) is 46.5 Å². The second kappa shape index (κ2) is 4.90. The minimum absolute atomic E-state index is 0.0610. The first-order valence-corrected chi connectivity index (χ1v) is 6.65. The van der Waals surface area contributed by atoms with Crippen LogP contribution in [0.25, 0.3) is 0 Å². The van der Waals surface area contributed by atoms with Gasteiger partial charge in [0.2, 0.25) is 5.92 Å². The van der Waals surface area contributed by atoms with Gasteiger partial charge in [0.25, 0.3) is 0 Å². The maximum atomic E-state index is 12.9. The van der Waals surface area contributed by atoms with Gasteiger partial charge in [0, 0.05) is 19.1 Å². The summed E-state index contributed by atoms with van der Waals surface area (Å²) in [4.78, 5) is 0. The molecule has 1 aliphatic carbocycles. The van der Waals surface area contributed by atoms with Crippen LogP contribution < -0.4 is 0 Å². The molecule has 1 aliphatic rings. The minimum atomic E-state index is -2.51. The summed E-state index contributed by atoms with van der Waals surface area (Å²) >= 11 is 0. The van der Waals surface area contributed by atoms with Gasteiger partial charge in [-0.1, -0.05) is 0 Å². The van der Waals surface area contributed by atoms with E-state index in [0.717, 1.165) is 0 Å². The lowest BCUT2D eigenvalue weighted by molar-refractivity contribution is -0.0390. The van der Waals surface area contributed by atoms with E-state index in [1.165, 1.54) is 0 Å². The van der Waals surface area contributed by atoms with Crippen LogP contribution in [0.2, 0.25) is 0 Å². The SMILES string of the molecule is CC(C)(C)S(=O)/N=C\C1CCC(F)(F)CC1. The Morgan fingerprint density at radius 3 is 2.25 bits per heavy atom. The predicted octanol–water partition coefficient (Wildman–Crippen LogP) is 3.34. The molecule has 0 radical (unpaired) electrons. The minimum Gasteiger partial charge on any atom is -0.234 e. The number of alkyl halides is 2. The maximum Gasteiger partial charge on any atom is 0.248 e. The Morgan fingerprint density at radius 2 is 1.81 bits per heavy atom. The van der Waals surface area contributed by atoms with E-state index in [2.05, 4.69) is 4.40 Å². The van der Waals surface area contributed by atoms with Gasteiger partial charge in [-0.15, -0.1) is 0 Å². The van der Waals surface area contributed by atoms with E-state index in [0.29, 0.717) is 12.8 Å². The largest absolute Gasteiger partial charge is 0.248 e. The van der Waals surface area contributed by atoms with Gasteiger partial charge < -0.3 is 0 Å². The van der Waals surface area contributed by atoms with Crippen LogP contribution >= 0.6 is 0 Å². The molecule has 5 heteroatoms. The number of halogens is 2. The van der Waals surface area contributed by atoms with Gasteiger partial charge in [-0.05, 0) is 39.5 Å². The van der Waals surface area contributed by atoms with Crippen LogP contribution in [-0.4, -0.2) is 21.1 Å². The molecule has 1 atom stereocenters. The highest BCUT2D eigenvalue weighted by Gasteiger charge is 2.34. The summed E-state index contributed by atoms with van der Waals surface area (Å²) in [5, 5.41) is 0. The topological polar surface area (TPSA) is 29.4 Å². The molecule has 16 heavy (non-hydrogen) atoms. The van der Waals surface area contributed by atoms with E-state index in [1.807, 2.05) is 20.8 Å². The highest BCUT2D eigenvalue weighted by atomic mass is 32.2. The number of rotatable bonds is 2. The quantitative estimate of drug-likeness (QED) is 0.692. The predicted molar refractivity (Wildman–Crippen MR) is 63.3 cm³/mol. The molecule has 0 aliphatic heterocycles. The van der Waals surface area contributed by atoms with E-state index >= 15 is 0 Å². The Kier molecular flexibility index (Phi) is 4.21. The van der Waals surface area contributed by atoms with E-state index in [4.69, 9.17) is 0 Å². The van der Waals surface area contributed by atoms with Crippen molar-refractivity contribution in [2.24, 2.45) is 10.3 Å². The average Bonchev–Trinajstić information content (AvgIpc) is 2.14. The molecule has 0 heterocycles. The number of hydrogen-bond donors (Lipinski definition) is 0. The summed E-state index contributed by atoms with van der Waals surface area (Å²) in [6.07, 6.45) is 2.34. The van der Waals surface area contributed by atoms with Crippen LogP contribution in [0, 0.1) is 5.92 Å². The molecule has 0 amide bonds. The molecular formula is C11H19F2NOS. The summed E-state index contributed by atoms with van der Waals surface area (Å²) in [5.41, 5.74) is 0. The molecule has 0 aromatic carbocycles. The van der Waals surface area contributed by atoms with Crippen molar-refractivity contribution in [3.8, 4) is 0 Å². The van der Waals surface area contributed by atoms with Crippen LogP contribution in [0.4, 0.5) is 8.78 Å². The Balaban J connectivity index is 2.45. The maximum absolute atomic E-state index is 12.9. The zero-order chi connectivity index (χ0) is 12.4. The van der Waals surface area contributed by atoms with Gasteiger partial charge in [-0.3, -0.25) is 0 Å². The lowest BCUT2D eigenvalue weighted by atomic mass is 9.88. The number of nitrogens with zero attached hydrogens (tertiary/aromatic N) is 1. The molecule has 0 N–H and O–H groups in total. The zero-order valence-electron chi connectivity index (χ0n) is 10.0. The van der Waals surface area contributed by atoms with Crippen molar-refractivity contribution in [3.63, 3.8) is 0 Å². The second-order valence-electron chi connectivity index (χ2n) is 5.31. The lowest BCUT2D eigenvalue weighted by Gasteiger charge is -2.25. The Hall–Kier alpha value is -0.320. The van der Waals surface area contributed by atoms with Crippen molar-refractivity contribution in [2.75, 3.05) is 0 Å². The smallest absolute Gasteiger partial charge is 0.234 e. The van der Waals surface area contributed by atoms with Crippen LogP contribution in [0.15, 0.2) is 4.40 Å². The summed E-state index contributed by atoms with van der Waals surface area (Å²) in [6, 6.07) is 0. The zero-order valence-corrected chi connectivity index (χ0v) is 10.8. The molecule has 0 spiro atoms. The highest BCUT2D eigenvalue weighted by molar-refractivity contribution is 7.85. The molecule has 94 valence electrons. The molecule has 2 nitrogen and oxygen atoms in total. The number of hydrogen-bond acceptors (Lipinski definition) is 1. The third kappa shape index (κ3) is 4.28. The van der Waals surface area contributed by atoms with E-state index in [9.17, 15) is 13.0 Å². The molecule has 0 aromatic rings. The third-order valence-corrected chi connectivity index (χ3v) is 4.01. The Bertz CT molecular complexity index is 287. The van der Waals surface area contributed by atoms with Gasteiger partial charge in [0.15, 0.2) is 0 Å². The van der Waals surface area contributed by atoms with E-state index in [1.54, 1.807) is 6.21 Å². The Morgan fingerprint density at radius 1 is 1.31 bits per heavy atom. The first-order chi connectivity index (χ1) is 7.21. The van der Waals surface area contributed by atoms with Gasteiger partial charge in [-0.2, -0.15) is 4.40 Å². The van der Waals surface area contributed by atoms with Crippen molar-refractivity contribution in [3.05, 3.63) is 0 Å². The van der Waals surface area contributed by atoms with Crippen LogP contribution in [-0.2, 0) is 11.0 Å². The average molecular weight is 251 g/mol. The fourth-order valence-corrected chi connectivity index (χ4v) is 2.11. The monoisotopic (exact) mass is 251 g/mol. The van der Waals surface area contributed by atoms with Gasteiger partial charge in [-0.25, -0.2) is 13.0 Å². The van der Waals surface area contributed by atoms with E-state index < -0.39 is 16.9 Å². The van der Waals surface area contributed by atoms with Gasteiger partial charge in [0.05, 0.1) is 4.75 Å². The molecule has 1 saturated carbocycles. The summed E-state index contributed by atoms with van der Waals surface area (Å²) in [7, 11) is -1.28. The molecule has 1 fully saturated rings. The van der Waals surface area contributed by atoms with Crippen LogP contribution in [0.5, 0.6) is 0 Å². The van der Waals surface area contributed by atoms with Crippen molar-refractivity contribution in [1.82, 2.24) is 0 Å². The molecular weight excluding hydrogens is 232 g/mol. The fourth-order valence-electron chi connectivity index (χ4n) is 1.51. The van der Waals surface area contributed by atoms with Crippen molar-refractivity contribution in [1.29, 1.82) is 0 Å². The van der Waals surface area contributed by atoms with Crippen molar-refractivity contribution < 1.29 is 13.0 Å². The molecule has 0 saturated heterocycles. The lowest BCUT2D eigenvalue weighted by Crippen LogP contribution is -2.26. The van der Waals surface area contributed by atoms with Crippen LogP contribution in [0.3, 0.4) is 0 Å². The summed E-state index contributed by atoms with van der Waals surface area (Å²) < 4.78 is 40.9. The molecule has 1 unspecified atom stereocenters. The van der Waals surface area contributed by atoms with E-state index in [-0.39, 0.29) is 23.5 Å². The summed E-state index contributed by atoms with van der Waals surface area (Å²) in [6.45, 7) is 5.53. The molecule has 0 aromatic heterocycles. The fraction of sp³-hybridized carbons (Fsp3) is 0.909. The highest BCUT2D eigenvalue weighted by Crippen LogP contribution is 2.35. The van der Waals surface area contributed by atoms with Crippen molar-refractivity contribution >= 4 is 17.2 Å². The van der Waals surface area contributed by atoms with Gasteiger partial charge in [0.1, 0.15) is 11.0 Å². The molecule has 1 rings (SSSR count). The Labute approximate surface area is 98.1 Å². The first-order valence-electron chi connectivity index (χ1n) is 5.55. The standard InChI is InChI=1S/C11H19F2NOS/c1-10(2,3)16(15)14-8-9-4-6-11(12,13)7-5-9/h8-9H,4-7H2,1-3H3/b14-8-.